The molecule has 0 saturated carbocycles. The van der Waals surface area contributed by atoms with Gasteiger partial charge in [0.1, 0.15) is 6.61 Å². The molecule has 7 heteroatoms. The number of nitrogens with one attached hydrogen (secondary N) is 1. The van der Waals surface area contributed by atoms with Crippen LogP contribution < -0.4 is 15.0 Å². The third-order valence-corrected chi connectivity index (χ3v) is 4.08. The molecule has 0 spiro atoms. The van der Waals surface area contributed by atoms with E-state index in [1.807, 2.05) is 6.07 Å². The lowest BCUT2D eigenvalue weighted by Gasteiger charge is -2.25. The van der Waals surface area contributed by atoms with Gasteiger partial charge in [-0.2, -0.15) is 0 Å². The van der Waals surface area contributed by atoms with Gasteiger partial charge in [-0.1, -0.05) is 24.3 Å². The van der Waals surface area contributed by atoms with Gasteiger partial charge < -0.3 is 19.2 Å². The molecular weight excluding hydrogens is 336 g/mol. The Morgan fingerprint density at radius 1 is 1.19 bits per heavy atom. The number of ether oxygens (including phenoxy) is 3. The Labute approximate surface area is 148 Å². The molecule has 1 aliphatic rings. The Morgan fingerprint density at radius 3 is 2.77 bits per heavy atom. The molecule has 1 aliphatic heterocycles. The van der Waals surface area contributed by atoms with Crippen LogP contribution in [0.4, 0.5) is 0 Å². The smallest absolute Gasteiger partial charge is 0.351 e. The van der Waals surface area contributed by atoms with Crippen LogP contribution in [0, 0.1) is 0 Å². The summed E-state index contributed by atoms with van der Waals surface area (Å²) in [5, 5.41) is 0.482. The van der Waals surface area contributed by atoms with Crippen molar-refractivity contribution in [3.8, 4) is 11.5 Å². The predicted molar refractivity (Wildman–Crippen MR) is 93.2 cm³/mol. The fraction of sp³-hybridized carbons (Fsp3) is 0.211. The summed E-state index contributed by atoms with van der Waals surface area (Å²) in [6.07, 6.45) is -1.61. The molecular formula is C19H16N2O5. The monoisotopic (exact) mass is 352 g/mol. The molecule has 4 rings (SSSR count). The van der Waals surface area contributed by atoms with Crippen LogP contribution in [0.1, 0.15) is 18.9 Å². The van der Waals surface area contributed by atoms with Crippen LogP contribution in [0.15, 0.2) is 53.3 Å². The van der Waals surface area contributed by atoms with Crippen LogP contribution in [-0.4, -0.2) is 28.6 Å². The molecule has 0 fully saturated rings. The van der Waals surface area contributed by atoms with Gasteiger partial charge in [0.2, 0.25) is 6.10 Å². The molecule has 2 aromatic carbocycles. The third kappa shape index (κ3) is 2.99. The minimum absolute atomic E-state index is 0.0598. The van der Waals surface area contributed by atoms with E-state index in [0.717, 1.165) is 0 Å². The Bertz CT molecular complexity index is 1030. The summed E-state index contributed by atoms with van der Waals surface area (Å²) in [5.41, 5.74) is 0.264. The molecule has 26 heavy (non-hydrogen) atoms. The Morgan fingerprint density at radius 2 is 1.92 bits per heavy atom. The number of hydrogen-bond donors (Lipinski definition) is 1. The Hall–Kier alpha value is -3.35. The van der Waals surface area contributed by atoms with Crippen molar-refractivity contribution in [2.24, 2.45) is 0 Å². The number of carbonyl (C=O) groups excluding carboxylic acids is 1. The zero-order chi connectivity index (χ0) is 18.1. The minimum atomic E-state index is -0.875. The second-order valence-electron chi connectivity index (χ2n) is 5.91. The summed E-state index contributed by atoms with van der Waals surface area (Å²) in [4.78, 5) is 31.6. The number of carbonyl (C=O) groups is 1. The van der Waals surface area contributed by atoms with E-state index in [1.165, 1.54) is 0 Å². The van der Waals surface area contributed by atoms with Crippen LogP contribution >= 0.6 is 0 Å². The summed E-state index contributed by atoms with van der Waals surface area (Å²) in [5.74, 6) is 0.776. The van der Waals surface area contributed by atoms with Crippen LogP contribution in [0.3, 0.4) is 0 Å². The molecule has 0 amide bonds. The average molecular weight is 352 g/mol. The van der Waals surface area contributed by atoms with Gasteiger partial charge in [0.05, 0.1) is 10.9 Å². The first-order valence-electron chi connectivity index (χ1n) is 8.20. The fourth-order valence-electron chi connectivity index (χ4n) is 2.74. The maximum Gasteiger partial charge on any atom is 0.351 e. The quantitative estimate of drug-likeness (QED) is 0.728. The number of hydrogen-bond acceptors (Lipinski definition) is 6. The number of para-hydroxylation sites is 3. The van der Waals surface area contributed by atoms with Gasteiger partial charge in [0.15, 0.2) is 23.4 Å². The first-order valence-corrected chi connectivity index (χ1v) is 8.20. The lowest BCUT2D eigenvalue weighted by Crippen LogP contribution is -2.38. The summed E-state index contributed by atoms with van der Waals surface area (Å²) in [6, 6.07) is 14.1. The molecule has 1 aromatic heterocycles. The highest BCUT2D eigenvalue weighted by atomic mass is 16.6. The number of esters is 1. The highest BCUT2D eigenvalue weighted by Crippen LogP contribution is 2.31. The lowest BCUT2D eigenvalue weighted by atomic mass is 10.2. The summed E-state index contributed by atoms with van der Waals surface area (Å²) < 4.78 is 16.6. The van der Waals surface area contributed by atoms with Crippen LogP contribution in [0.5, 0.6) is 11.5 Å². The SMILES string of the molecule is C[C@H](OC(=O)[C@H]1COc2ccccc2O1)c1nc2ccccc2c(=O)[nH]1. The molecule has 7 nitrogen and oxygen atoms in total. The number of nitrogens with zero attached hydrogens (tertiary/aromatic N) is 1. The topological polar surface area (TPSA) is 90.5 Å². The normalized spacial score (nSPS) is 16.9. The zero-order valence-electron chi connectivity index (χ0n) is 14.0. The van der Waals surface area contributed by atoms with Crippen molar-refractivity contribution < 1.29 is 19.0 Å². The standard InChI is InChI=1S/C19H16N2O5/c1-11(17-20-13-7-3-2-6-12(13)18(22)21-17)25-19(23)16-10-24-14-8-4-5-9-15(14)26-16/h2-9,11,16H,10H2,1H3,(H,20,21,22)/t11-,16+/m0/s1. The number of H-pyrrole nitrogens is 1. The largest absolute Gasteiger partial charge is 0.485 e. The van der Waals surface area contributed by atoms with Crippen LogP contribution in [-0.2, 0) is 9.53 Å². The molecule has 2 heterocycles. The van der Waals surface area contributed by atoms with Gasteiger partial charge in [-0.15, -0.1) is 0 Å². The maximum atomic E-state index is 12.4. The molecule has 1 N–H and O–H groups in total. The molecule has 0 bridgehead atoms. The van der Waals surface area contributed by atoms with Crippen molar-refractivity contribution in [1.29, 1.82) is 0 Å². The Kier molecular flexibility index (Phi) is 4.04. The van der Waals surface area contributed by atoms with E-state index in [-0.39, 0.29) is 18.0 Å². The number of rotatable bonds is 3. The van der Waals surface area contributed by atoms with Gasteiger partial charge >= 0.3 is 5.97 Å². The molecule has 0 saturated heterocycles. The van der Waals surface area contributed by atoms with E-state index in [1.54, 1.807) is 49.4 Å². The molecule has 132 valence electrons. The van der Waals surface area contributed by atoms with Gasteiger partial charge in [0.25, 0.3) is 5.56 Å². The third-order valence-electron chi connectivity index (χ3n) is 4.08. The first-order chi connectivity index (χ1) is 12.6. The van der Waals surface area contributed by atoms with Crippen molar-refractivity contribution >= 4 is 16.9 Å². The van der Waals surface area contributed by atoms with Crippen molar-refractivity contribution in [2.45, 2.75) is 19.1 Å². The van der Waals surface area contributed by atoms with E-state index in [2.05, 4.69) is 9.97 Å². The Balaban J connectivity index is 1.51. The molecule has 0 radical (unpaired) electrons. The van der Waals surface area contributed by atoms with E-state index in [9.17, 15) is 9.59 Å². The molecule has 0 unspecified atom stereocenters. The predicted octanol–water partition coefficient (Wildman–Crippen LogP) is 2.37. The van der Waals surface area contributed by atoms with E-state index < -0.39 is 18.2 Å². The van der Waals surface area contributed by atoms with E-state index in [0.29, 0.717) is 22.4 Å². The van der Waals surface area contributed by atoms with Crippen molar-refractivity contribution in [2.75, 3.05) is 6.61 Å². The zero-order valence-corrected chi connectivity index (χ0v) is 14.0. The van der Waals surface area contributed by atoms with Crippen molar-refractivity contribution in [3.63, 3.8) is 0 Å². The maximum absolute atomic E-state index is 12.4. The van der Waals surface area contributed by atoms with Crippen molar-refractivity contribution in [3.05, 3.63) is 64.7 Å². The van der Waals surface area contributed by atoms with Crippen molar-refractivity contribution in [1.82, 2.24) is 9.97 Å². The van der Waals surface area contributed by atoms with E-state index in [4.69, 9.17) is 14.2 Å². The number of aromatic amines is 1. The van der Waals surface area contributed by atoms with E-state index >= 15 is 0 Å². The molecule has 2 atom stereocenters. The second-order valence-corrected chi connectivity index (χ2v) is 5.91. The fourth-order valence-corrected chi connectivity index (χ4v) is 2.74. The first kappa shape index (κ1) is 16.1. The van der Waals surface area contributed by atoms with Crippen LogP contribution in [0.25, 0.3) is 10.9 Å². The molecule has 0 aliphatic carbocycles. The average Bonchev–Trinajstić information content (AvgIpc) is 2.67. The van der Waals surface area contributed by atoms with Gasteiger partial charge in [0, 0.05) is 0 Å². The minimum Gasteiger partial charge on any atom is -0.485 e. The lowest BCUT2D eigenvalue weighted by molar-refractivity contribution is -0.160. The number of benzene rings is 2. The van der Waals surface area contributed by atoms with Crippen LogP contribution in [0.2, 0.25) is 0 Å². The second kappa shape index (κ2) is 6.51. The van der Waals surface area contributed by atoms with Gasteiger partial charge in [-0.05, 0) is 31.2 Å². The highest BCUT2D eigenvalue weighted by molar-refractivity contribution is 5.78. The summed E-state index contributed by atoms with van der Waals surface area (Å²) >= 11 is 0. The summed E-state index contributed by atoms with van der Waals surface area (Å²) in [7, 11) is 0. The van der Waals surface area contributed by atoms with Gasteiger partial charge in [-0.3, -0.25) is 4.79 Å². The summed E-state index contributed by atoms with van der Waals surface area (Å²) in [6.45, 7) is 1.70. The number of aromatic nitrogens is 2. The van der Waals surface area contributed by atoms with Gasteiger partial charge in [-0.25, -0.2) is 9.78 Å². The number of fused-ring (bicyclic) bond motifs is 2. The highest BCUT2D eigenvalue weighted by Gasteiger charge is 2.30. The molecule has 3 aromatic rings.